The summed E-state index contributed by atoms with van der Waals surface area (Å²) < 4.78 is 24.6. The van der Waals surface area contributed by atoms with Crippen molar-refractivity contribution in [1.29, 1.82) is 0 Å². The highest BCUT2D eigenvalue weighted by Crippen LogP contribution is 2.30. The molecule has 0 saturated carbocycles. The Balaban J connectivity index is 2.39. The molecule has 0 bridgehead atoms. The first-order valence-electron chi connectivity index (χ1n) is 8.03. The fourth-order valence-electron chi connectivity index (χ4n) is 2.06. The molecule has 0 fully saturated rings. The summed E-state index contributed by atoms with van der Waals surface area (Å²) >= 11 is 0. The molecule has 1 aromatic carbocycles. The molecule has 0 aromatic heterocycles. The maximum atomic E-state index is 13.7. The highest BCUT2D eigenvalue weighted by molar-refractivity contribution is 5.56. The molecule has 0 radical (unpaired) electrons. The molecule has 4 heteroatoms. The Bertz CT molecular complexity index is 410. The minimum atomic E-state index is -0.437. The van der Waals surface area contributed by atoms with Crippen LogP contribution in [0.5, 0.6) is 11.5 Å². The van der Waals surface area contributed by atoms with E-state index in [1.807, 2.05) is 6.92 Å². The van der Waals surface area contributed by atoms with E-state index in [0.717, 1.165) is 19.3 Å². The first kappa shape index (κ1) is 17.6. The van der Waals surface area contributed by atoms with Crippen LogP contribution in [0, 0.1) is 5.82 Å². The summed E-state index contributed by atoms with van der Waals surface area (Å²) in [6.07, 6.45) is 8.04. The van der Waals surface area contributed by atoms with Gasteiger partial charge in [0.15, 0.2) is 11.6 Å². The van der Waals surface area contributed by atoms with Crippen molar-refractivity contribution in [3.8, 4) is 11.5 Å². The van der Waals surface area contributed by atoms with Gasteiger partial charge in [-0.15, -0.1) is 0 Å². The monoisotopic (exact) mass is 297 g/mol. The zero-order valence-corrected chi connectivity index (χ0v) is 13.3. The van der Waals surface area contributed by atoms with Gasteiger partial charge in [0.25, 0.3) is 0 Å². The lowest BCUT2D eigenvalue weighted by Crippen LogP contribution is -2.03. The van der Waals surface area contributed by atoms with Crippen LogP contribution in [0.3, 0.4) is 0 Å². The second-order valence-electron chi connectivity index (χ2n) is 5.29. The van der Waals surface area contributed by atoms with E-state index < -0.39 is 5.82 Å². The molecule has 0 amide bonds. The number of nitrogens with two attached hydrogens (primary N) is 1. The predicted octanol–water partition coefficient (Wildman–Crippen LogP) is 4.94. The van der Waals surface area contributed by atoms with E-state index in [1.165, 1.54) is 31.7 Å². The van der Waals surface area contributed by atoms with E-state index >= 15 is 0 Å². The average molecular weight is 297 g/mol. The zero-order valence-electron chi connectivity index (χ0n) is 13.3. The Morgan fingerprint density at radius 2 is 1.52 bits per heavy atom. The lowest BCUT2D eigenvalue weighted by molar-refractivity contribution is 0.287. The Hall–Kier alpha value is -1.45. The van der Waals surface area contributed by atoms with Crippen molar-refractivity contribution in [2.24, 2.45) is 0 Å². The van der Waals surface area contributed by atoms with Gasteiger partial charge in [-0.3, -0.25) is 0 Å². The topological polar surface area (TPSA) is 44.5 Å². The molecule has 0 aliphatic rings. The van der Waals surface area contributed by atoms with Crippen LogP contribution in [0.25, 0.3) is 0 Å². The van der Waals surface area contributed by atoms with Gasteiger partial charge in [-0.05, 0) is 12.8 Å². The van der Waals surface area contributed by atoms with Gasteiger partial charge in [-0.25, -0.2) is 4.39 Å². The smallest absolute Gasteiger partial charge is 0.167 e. The molecule has 0 spiro atoms. The minimum Gasteiger partial charge on any atom is -0.491 e. The number of ether oxygens (including phenoxy) is 2. The van der Waals surface area contributed by atoms with Crippen molar-refractivity contribution in [2.75, 3.05) is 18.9 Å². The number of unbranched alkanes of at least 4 members (excludes halogenated alkanes) is 5. The van der Waals surface area contributed by atoms with Crippen molar-refractivity contribution < 1.29 is 13.9 Å². The normalized spacial score (nSPS) is 10.6. The second kappa shape index (κ2) is 10.3. The third-order valence-electron chi connectivity index (χ3n) is 3.28. The van der Waals surface area contributed by atoms with Crippen molar-refractivity contribution >= 4 is 5.69 Å². The fourth-order valence-corrected chi connectivity index (χ4v) is 2.06. The molecule has 0 saturated heterocycles. The quantitative estimate of drug-likeness (QED) is 0.465. The van der Waals surface area contributed by atoms with Gasteiger partial charge < -0.3 is 15.2 Å². The molecule has 1 aromatic rings. The lowest BCUT2D eigenvalue weighted by Gasteiger charge is -2.12. The number of halogens is 1. The Labute approximate surface area is 127 Å². The molecular weight excluding hydrogens is 269 g/mol. The molecule has 0 heterocycles. The highest BCUT2D eigenvalue weighted by Gasteiger charge is 2.10. The van der Waals surface area contributed by atoms with Gasteiger partial charge >= 0.3 is 0 Å². The van der Waals surface area contributed by atoms with E-state index in [-0.39, 0.29) is 5.75 Å². The SMILES string of the molecule is CCCCCCCCOc1cc(OCCC)c(F)cc1N. The molecule has 2 N–H and O–H groups in total. The zero-order chi connectivity index (χ0) is 15.5. The predicted molar refractivity (Wildman–Crippen MR) is 85.5 cm³/mol. The van der Waals surface area contributed by atoms with Crippen LogP contribution in [0.2, 0.25) is 0 Å². The molecule has 0 atom stereocenters. The molecule has 0 aliphatic carbocycles. The minimum absolute atomic E-state index is 0.212. The molecule has 120 valence electrons. The maximum Gasteiger partial charge on any atom is 0.167 e. The highest BCUT2D eigenvalue weighted by atomic mass is 19.1. The summed E-state index contributed by atoms with van der Waals surface area (Å²) in [6, 6.07) is 2.82. The van der Waals surface area contributed by atoms with Gasteiger partial charge in [0, 0.05) is 12.1 Å². The average Bonchev–Trinajstić information content (AvgIpc) is 2.47. The van der Waals surface area contributed by atoms with Crippen LogP contribution in [-0.2, 0) is 0 Å². The summed E-state index contributed by atoms with van der Waals surface area (Å²) in [6.45, 7) is 5.27. The Morgan fingerprint density at radius 1 is 0.857 bits per heavy atom. The molecule has 3 nitrogen and oxygen atoms in total. The number of anilines is 1. The molecule has 0 aliphatic heterocycles. The third kappa shape index (κ3) is 6.69. The number of hydrogen-bond acceptors (Lipinski definition) is 3. The van der Waals surface area contributed by atoms with E-state index in [0.29, 0.717) is 24.7 Å². The number of rotatable bonds is 11. The van der Waals surface area contributed by atoms with E-state index in [4.69, 9.17) is 15.2 Å². The van der Waals surface area contributed by atoms with Crippen molar-refractivity contribution in [2.45, 2.75) is 58.8 Å². The van der Waals surface area contributed by atoms with E-state index in [1.54, 1.807) is 6.07 Å². The van der Waals surface area contributed by atoms with Gasteiger partial charge in [0.1, 0.15) is 5.75 Å². The van der Waals surface area contributed by atoms with E-state index in [9.17, 15) is 4.39 Å². The van der Waals surface area contributed by atoms with Gasteiger partial charge in [0.2, 0.25) is 0 Å². The van der Waals surface area contributed by atoms with Crippen LogP contribution >= 0.6 is 0 Å². The van der Waals surface area contributed by atoms with E-state index in [2.05, 4.69) is 6.92 Å². The lowest BCUT2D eigenvalue weighted by atomic mass is 10.1. The van der Waals surface area contributed by atoms with Crippen LogP contribution in [-0.4, -0.2) is 13.2 Å². The summed E-state index contributed by atoms with van der Waals surface area (Å²) in [4.78, 5) is 0. The summed E-state index contributed by atoms with van der Waals surface area (Å²) in [5, 5.41) is 0. The first-order valence-corrected chi connectivity index (χ1v) is 8.03. The number of nitrogen functional groups attached to an aromatic ring is 1. The van der Waals surface area contributed by atoms with Gasteiger partial charge in [-0.1, -0.05) is 46.0 Å². The molecule has 21 heavy (non-hydrogen) atoms. The maximum absolute atomic E-state index is 13.7. The summed E-state index contributed by atoms with van der Waals surface area (Å²) in [7, 11) is 0. The van der Waals surface area contributed by atoms with Crippen LogP contribution in [0.1, 0.15) is 58.8 Å². The summed E-state index contributed by atoms with van der Waals surface area (Å²) in [5.41, 5.74) is 6.10. The van der Waals surface area contributed by atoms with Crippen LogP contribution < -0.4 is 15.2 Å². The third-order valence-corrected chi connectivity index (χ3v) is 3.28. The molecule has 0 unspecified atom stereocenters. The number of hydrogen-bond donors (Lipinski definition) is 1. The first-order chi connectivity index (χ1) is 10.2. The molecular formula is C17H28FNO2. The fraction of sp³-hybridized carbons (Fsp3) is 0.647. The van der Waals surface area contributed by atoms with Crippen molar-refractivity contribution in [1.82, 2.24) is 0 Å². The van der Waals surface area contributed by atoms with Gasteiger partial charge in [0.05, 0.1) is 18.9 Å². The standard InChI is InChI=1S/C17H28FNO2/c1-3-5-6-7-8-9-11-21-17-13-16(20-10-4-2)14(18)12-15(17)19/h12-13H,3-11,19H2,1-2H3. The van der Waals surface area contributed by atoms with Crippen molar-refractivity contribution in [3.05, 3.63) is 17.9 Å². The van der Waals surface area contributed by atoms with Crippen LogP contribution in [0.4, 0.5) is 10.1 Å². The molecule has 1 rings (SSSR count). The largest absolute Gasteiger partial charge is 0.491 e. The van der Waals surface area contributed by atoms with Crippen molar-refractivity contribution in [3.63, 3.8) is 0 Å². The summed E-state index contributed by atoms with van der Waals surface area (Å²) in [5.74, 6) is 0.285. The Kier molecular flexibility index (Phi) is 8.63. The number of benzene rings is 1. The van der Waals surface area contributed by atoms with Gasteiger partial charge in [-0.2, -0.15) is 0 Å². The van der Waals surface area contributed by atoms with Crippen LogP contribution in [0.15, 0.2) is 12.1 Å². The second-order valence-corrected chi connectivity index (χ2v) is 5.29. The Morgan fingerprint density at radius 3 is 2.24 bits per heavy atom.